The van der Waals surface area contributed by atoms with Crippen molar-refractivity contribution < 1.29 is 23.8 Å². The molecular formula is C22H32N2O5. The SMILES string of the molecule is COCCC1(NC(=O)C2CCOCC2)CCN(C(=O)c2ccc(OC)cc2C)C1. The molecule has 0 saturated carbocycles. The number of aryl methyl sites for hydroxylation is 1. The Labute approximate surface area is 172 Å². The Morgan fingerprint density at radius 1 is 1.28 bits per heavy atom. The van der Waals surface area contributed by atoms with E-state index in [4.69, 9.17) is 14.2 Å². The van der Waals surface area contributed by atoms with Crippen LogP contribution in [0.3, 0.4) is 0 Å². The molecule has 0 bridgehead atoms. The Morgan fingerprint density at radius 3 is 2.69 bits per heavy atom. The van der Waals surface area contributed by atoms with E-state index in [1.807, 2.05) is 24.0 Å². The second-order valence-electron chi connectivity index (χ2n) is 8.06. The van der Waals surface area contributed by atoms with Crippen molar-refractivity contribution in [3.63, 3.8) is 0 Å². The van der Waals surface area contributed by atoms with Crippen molar-refractivity contribution in [3.05, 3.63) is 29.3 Å². The first kappa shape index (κ1) is 21.6. The number of benzene rings is 1. The fourth-order valence-corrected chi connectivity index (χ4v) is 4.21. The zero-order valence-electron chi connectivity index (χ0n) is 17.7. The van der Waals surface area contributed by atoms with E-state index in [-0.39, 0.29) is 17.7 Å². The number of methoxy groups -OCH3 is 2. The lowest BCUT2D eigenvalue weighted by Gasteiger charge is -2.33. The summed E-state index contributed by atoms with van der Waals surface area (Å²) in [6, 6.07) is 5.49. The van der Waals surface area contributed by atoms with Gasteiger partial charge in [-0.25, -0.2) is 0 Å². The van der Waals surface area contributed by atoms with Crippen molar-refractivity contribution >= 4 is 11.8 Å². The summed E-state index contributed by atoms with van der Waals surface area (Å²) in [6.45, 7) is 4.82. The van der Waals surface area contributed by atoms with Crippen molar-refractivity contribution in [2.75, 3.05) is 47.1 Å². The number of carbonyl (C=O) groups excluding carboxylic acids is 2. The Bertz CT molecular complexity index is 732. The lowest BCUT2D eigenvalue weighted by atomic mass is 9.91. The molecule has 2 saturated heterocycles. The summed E-state index contributed by atoms with van der Waals surface area (Å²) in [6.07, 6.45) is 2.91. The molecule has 1 unspecified atom stereocenters. The molecule has 0 aromatic heterocycles. The second kappa shape index (κ2) is 9.59. The van der Waals surface area contributed by atoms with Crippen molar-refractivity contribution in [1.29, 1.82) is 0 Å². The molecule has 0 spiro atoms. The molecule has 2 fully saturated rings. The minimum Gasteiger partial charge on any atom is -0.497 e. The average Bonchev–Trinajstić information content (AvgIpc) is 3.16. The van der Waals surface area contributed by atoms with Crippen LogP contribution in [0.15, 0.2) is 18.2 Å². The van der Waals surface area contributed by atoms with Gasteiger partial charge in [-0.1, -0.05) is 0 Å². The number of carbonyl (C=O) groups is 2. The van der Waals surface area contributed by atoms with E-state index in [1.54, 1.807) is 20.3 Å². The summed E-state index contributed by atoms with van der Waals surface area (Å²) in [5, 5.41) is 3.28. The Kier molecular flexibility index (Phi) is 7.14. The number of hydrogen-bond acceptors (Lipinski definition) is 5. The summed E-state index contributed by atoms with van der Waals surface area (Å²) in [5.41, 5.74) is 1.11. The molecule has 1 aromatic carbocycles. The van der Waals surface area contributed by atoms with Gasteiger partial charge < -0.3 is 24.4 Å². The van der Waals surface area contributed by atoms with Gasteiger partial charge in [0.2, 0.25) is 5.91 Å². The third-order valence-corrected chi connectivity index (χ3v) is 6.07. The van der Waals surface area contributed by atoms with Crippen LogP contribution >= 0.6 is 0 Å². The van der Waals surface area contributed by atoms with Crippen LogP contribution in [0.4, 0.5) is 0 Å². The first-order valence-corrected chi connectivity index (χ1v) is 10.3. The third-order valence-electron chi connectivity index (χ3n) is 6.07. The van der Waals surface area contributed by atoms with Crippen LogP contribution in [-0.4, -0.2) is 69.4 Å². The minimum absolute atomic E-state index is 0.00948. The maximum absolute atomic E-state index is 13.1. The smallest absolute Gasteiger partial charge is 0.254 e. The number of hydrogen-bond donors (Lipinski definition) is 1. The number of nitrogens with one attached hydrogen (secondary N) is 1. The summed E-state index contributed by atoms with van der Waals surface area (Å²) in [4.78, 5) is 27.9. The fourth-order valence-electron chi connectivity index (χ4n) is 4.21. The van der Waals surface area contributed by atoms with Gasteiger partial charge in [-0.15, -0.1) is 0 Å². The molecule has 2 heterocycles. The molecule has 3 rings (SSSR count). The molecule has 2 amide bonds. The van der Waals surface area contributed by atoms with Gasteiger partial charge in [-0.2, -0.15) is 0 Å². The Balaban J connectivity index is 1.71. The maximum Gasteiger partial charge on any atom is 0.254 e. The number of nitrogens with zero attached hydrogens (tertiary/aromatic N) is 1. The number of rotatable bonds is 7. The van der Waals surface area contributed by atoms with Crippen LogP contribution in [-0.2, 0) is 14.3 Å². The monoisotopic (exact) mass is 404 g/mol. The first-order chi connectivity index (χ1) is 14.0. The molecule has 1 atom stereocenters. The quantitative estimate of drug-likeness (QED) is 0.754. The van der Waals surface area contributed by atoms with Gasteiger partial charge in [0.05, 0.1) is 12.6 Å². The van der Waals surface area contributed by atoms with Crippen LogP contribution in [0.2, 0.25) is 0 Å². The number of amides is 2. The summed E-state index contributed by atoms with van der Waals surface area (Å²) in [5.74, 6) is 0.777. The molecule has 2 aliphatic heterocycles. The summed E-state index contributed by atoms with van der Waals surface area (Å²) in [7, 11) is 3.27. The molecule has 1 N–H and O–H groups in total. The van der Waals surface area contributed by atoms with Gasteiger partial charge in [0.1, 0.15) is 5.75 Å². The standard InChI is InChI=1S/C22H32N2O5/c1-16-14-18(28-3)4-5-19(16)21(26)24-10-8-22(15-24,9-13-27-2)23-20(25)17-6-11-29-12-7-17/h4-5,14,17H,6-13,15H2,1-3H3,(H,23,25). The van der Waals surface area contributed by atoms with E-state index in [9.17, 15) is 9.59 Å². The molecule has 1 aromatic rings. The highest BCUT2D eigenvalue weighted by atomic mass is 16.5. The highest BCUT2D eigenvalue weighted by Gasteiger charge is 2.42. The van der Waals surface area contributed by atoms with Gasteiger partial charge in [-0.3, -0.25) is 9.59 Å². The van der Waals surface area contributed by atoms with Crippen LogP contribution in [0, 0.1) is 12.8 Å². The van der Waals surface area contributed by atoms with Crippen molar-refractivity contribution in [1.82, 2.24) is 10.2 Å². The van der Waals surface area contributed by atoms with E-state index in [0.29, 0.717) is 44.9 Å². The van der Waals surface area contributed by atoms with Gasteiger partial charge in [0.25, 0.3) is 5.91 Å². The molecule has 0 radical (unpaired) electrons. The van der Waals surface area contributed by atoms with Gasteiger partial charge >= 0.3 is 0 Å². The van der Waals surface area contributed by atoms with Crippen LogP contribution < -0.4 is 10.1 Å². The molecule has 0 aliphatic carbocycles. The predicted octanol–water partition coefficient (Wildman–Crippen LogP) is 2.17. The number of ether oxygens (including phenoxy) is 3. The molecule has 160 valence electrons. The van der Waals surface area contributed by atoms with Gasteiger partial charge in [0, 0.05) is 51.5 Å². The fraction of sp³-hybridized carbons (Fsp3) is 0.636. The zero-order valence-corrected chi connectivity index (χ0v) is 17.7. The average molecular weight is 405 g/mol. The number of likely N-dealkylation sites (tertiary alicyclic amines) is 1. The zero-order chi connectivity index (χ0) is 20.9. The van der Waals surface area contributed by atoms with Crippen LogP contribution in [0.25, 0.3) is 0 Å². The lowest BCUT2D eigenvalue weighted by molar-refractivity contribution is -0.130. The first-order valence-electron chi connectivity index (χ1n) is 10.3. The van der Waals surface area contributed by atoms with Gasteiger partial charge in [-0.05, 0) is 56.4 Å². The highest BCUT2D eigenvalue weighted by Crippen LogP contribution is 2.29. The van der Waals surface area contributed by atoms with E-state index in [2.05, 4.69) is 5.32 Å². The van der Waals surface area contributed by atoms with Crippen LogP contribution in [0.1, 0.15) is 41.6 Å². The third kappa shape index (κ3) is 5.08. The normalized spacial score (nSPS) is 22.5. The molecule has 29 heavy (non-hydrogen) atoms. The minimum atomic E-state index is -0.443. The highest BCUT2D eigenvalue weighted by molar-refractivity contribution is 5.96. The Morgan fingerprint density at radius 2 is 2.03 bits per heavy atom. The molecule has 7 heteroatoms. The van der Waals surface area contributed by atoms with Crippen molar-refractivity contribution in [2.45, 2.75) is 38.1 Å². The van der Waals surface area contributed by atoms with E-state index < -0.39 is 5.54 Å². The molecular weight excluding hydrogens is 372 g/mol. The van der Waals surface area contributed by atoms with E-state index >= 15 is 0 Å². The molecule has 2 aliphatic rings. The lowest BCUT2D eigenvalue weighted by Crippen LogP contribution is -2.53. The largest absolute Gasteiger partial charge is 0.497 e. The predicted molar refractivity (Wildman–Crippen MR) is 109 cm³/mol. The maximum atomic E-state index is 13.1. The molecule has 7 nitrogen and oxygen atoms in total. The van der Waals surface area contributed by atoms with E-state index in [1.165, 1.54) is 0 Å². The van der Waals surface area contributed by atoms with Crippen molar-refractivity contribution in [2.24, 2.45) is 5.92 Å². The van der Waals surface area contributed by atoms with E-state index in [0.717, 1.165) is 30.6 Å². The Hall–Kier alpha value is -2.12. The van der Waals surface area contributed by atoms with Crippen LogP contribution in [0.5, 0.6) is 5.75 Å². The second-order valence-corrected chi connectivity index (χ2v) is 8.06. The topological polar surface area (TPSA) is 77.1 Å². The van der Waals surface area contributed by atoms with Gasteiger partial charge in [0.15, 0.2) is 0 Å². The van der Waals surface area contributed by atoms with Crippen molar-refractivity contribution in [3.8, 4) is 5.75 Å². The summed E-state index contributed by atoms with van der Waals surface area (Å²) < 4.78 is 15.9. The summed E-state index contributed by atoms with van der Waals surface area (Å²) >= 11 is 0.